The first-order chi connectivity index (χ1) is 11.4. The van der Waals surface area contributed by atoms with E-state index in [0.29, 0.717) is 22.8 Å². The van der Waals surface area contributed by atoms with Crippen LogP contribution >= 0.6 is 0 Å². The summed E-state index contributed by atoms with van der Waals surface area (Å²) in [6.45, 7) is 0. The molecule has 1 saturated heterocycles. The van der Waals surface area contributed by atoms with Gasteiger partial charge < -0.3 is 4.74 Å². The summed E-state index contributed by atoms with van der Waals surface area (Å²) in [6.07, 6.45) is -5.21. The van der Waals surface area contributed by atoms with E-state index in [0.717, 1.165) is 6.07 Å². The molecular weight excluding hydrogens is 323 g/mol. The van der Waals surface area contributed by atoms with E-state index >= 15 is 0 Å². The zero-order valence-corrected chi connectivity index (χ0v) is 12.0. The van der Waals surface area contributed by atoms with Gasteiger partial charge >= 0.3 is 12.2 Å². The number of ether oxygens (including phenoxy) is 1. The predicted molar refractivity (Wildman–Crippen MR) is 80.1 cm³/mol. The van der Waals surface area contributed by atoms with E-state index < -0.39 is 24.0 Å². The molecule has 122 valence electrons. The zero-order chi connectivity index (χ0) is 16.9. The Kier molecular flexibility index (Phi) is 3.02. The molecule has 5 nitrogen and oxygen atoms in total. The van der Waals surface area contributed by atoms with Crippen LogP contribution in [0.4, 0.5) is 23.7 Å². The smallest absolute Gasteiger partial charge is 0.417 e. The van der Waals surface area contributed by atoms with E-state index in [9.17, 15) is 18.0 Å². The second kappa shape index (κ2) is 4.98. The minimum absolute atomic E-state index is 0.0553. The fourth-order valence-electron chi connectivity index (χ4n) is 2.68. The van der Waals surface area contributed by atoms with Gasteiger partial charge in [-0.05, 0) is 29.3 Å². The Morgan fingerprint density at radius 2 is 1.92 bits per heavy atom. The molecule has 2 aromatic rings. The van der Waals surface area contributed by atoms with E-state index in [4.69, 9.17) is 4.74 Å². The monoisotopic (exact) mass is 333 g/mol. The summed E-state index contributed by atoms with van der Waals surface area (Å²) in [7, 11) is 0. The van der Waals surface area contributed by atoms with Crippen LogP contribution in [0.5, 0.6) is 5.75 Å². The number of hydrogen-bond donors (Lipinski definition) is 2. The number of rotatable bonds is 1. The maximum Gasteiger partial charge on any atom is 0.417 e. The Morgan fingerprint density at radius 1 is 1.12 bits per heavy atom. The van der Waals surface area contributed by atoms with Crippen LogP contribution in [-0.4, -0.2) is 18.1 Å². The fourth-order valence-corrected chi connectivity index (χ4v) is 2.68. The first kappa shape index (κ1) is 14.6. The standard InChI is InChI=1S/C16H10F3N3O2/c17-16(18,19)10-4-2-1-3-9(10)8-5-6-11-12(7-8)24-14-13(20-11)21-15(23)22-14/h1-7,14H,(H2,20,21,22,23). The van der Waals surface area contributed by atoms with Crippen LogP contribution in [0.25, 0.3) is 11.1 Å². The van der Waals surface area contributed by atoms with Gasteiger partial charge in [-0.1, -0.05) is 24.3 Å². The van der Waals surface area contributed by atoms with Crippen molar-refractivity contribution in [1.82, 2.24) is 10.6 Å². The molecule has 0 aliphatic carbocycles. The van der Waals surface area contributed by atoms with Gasteiger partial charge in [0.2, 0.25) is 6.23 Å². The van der Waals surface area contributed by atoms with Crippen LogP contribution in [0.3, 0.4) is 0 Å². The van der Waals surface area contributed by atoms with E-state index in [1.54, 1.807) is 18.2 Å². The number of amidine groups is 1. The maximum atomic E-state index is 13.2. The molecule has 0 bridgehead atoms. The van der Waals surface area contributed by atoms with Gasteiger partial charge in [0.25, 0.3) is 0 Å². The highest BCUT2D eigenvalue weighted by Crippen LogP contribution is 2.41. The fraction of sp³-hybridized carbons (Fsp3) is 0.125. The van der Waals surface area contributed by atoms with E-state index in [1.807, 2.05) is 0 Å². The zero-order valence-electron chi connectivity index (χ0n) is 12.0. The molecule has 0 saturated carbocycles. The Balaban J connectivity index is 1.77. The summed E-state index contributed by atoms with van der Waals surface area (Å²) in [5.41, 5.74) is 0.136. The first-order valence-corrected chi connectivity index (χ1v) is 7.05. The second-order valence-electron chi connectivity index (χ2n) is 5.32. The molecule has 2 amide bonds. The third-order valence-corrected chi connectivity index (χ3v) is 3.74. The number of urea groups is 1. The summed E-state index contributed by atoms with van der Waals surface area (Å²) in [4.78, 5) is 15.5. The highest BCUT2D eigenvalue weighted by Gasteiger charge is 2.35. The molecule has 1 atom stereocenters. The quantitative estimate of drug-likeness (QED) is 0.840. The van der Waals surface area contributed by atoms with Gasteiger partial charge in [0, 0.05) is 0 Å². The van der Waals surface area contributed by atoms with Gasteiger partial charge in [-0.3, -0.25) is 10.6 Å². The molecule has 2 aromatic carbocycles. The van der Waals surface area contributed by atoms with Crippen LogP contribution in [0.2, 0.25) is 0 Å². The Bertz CT molecular complexity index is 877. The first-order valence-electron chi connectivity index (χ1n) is 7.05. The van der Waals surface area contributed by atoms with E-state index in [1.165, 1.54) is 18.2 Å². The molecule has 2 heterocycles. The molecule has 0 spiro atoms. The lowest BCUT2D eigenvalue weighted by molar-refractivity contribution is -0.137. The second-order valence-corrected chi connectivity index (χ2v) is 5.32. The van der Waals surface area contributed by atoms with Gasteiger partial charge in [0.15, 0.2) is 5.84 Å². The number of aliphatic imine (C=N–C) groups is 1. The van der Waals surface area contributed by atoms with Crippen molar-refractivity contribution in [3.05, 3.63) is 48.0 Å². The number of nitrogens with zero attached hydrogens (tertiary/aromatic N) is 1. The largest absolute Gasteiger partial charge is 0.461 e. The van der Waals surface area contributed by atoms with Crippen molar-refractivity contribution in [2.45, 2.75) is 12.4 Å². The van der Waals surface area contributed by atoms with Crippen molar-refractivity contribution in [2.24, 2.45) is 4.99 Å². The average Bonchev–Trinajstić information content (AvgIpc) is 2.90. The molecule has 1 unspecified atom stereocenters. The molecule has 0 radical (unpaired) electrons. The predicted octanol–water partition coefficient (Wildman–Crippen LogP) is 3.43. The van der Waals surface area contributed by atoms with E-state index in [2.05, 4.69) is 15.6 Å². The average molecular weight is 333 g/mol. The molecule has 0 aromatic heterocycles. The third kappa shape index (κ3) is 2.36. The van der Waals surface area contributed by atoms with Gasteiger partial charge in [-0.2, -0.15) is 13.2 Å². The van der Waals surface area contributed by atoms with Gasteiger partial charge in [0.05, 0.1) is 5.56 Å². The highest BCUT2D eigenvalue weighted by atomic mass is 19.4. The number of alkyl halides is 3. The topological polar surface area (TPSA) is 62.7 Å². The van der Waals surface area contributed by atoms with Crippen LogP contribution in [0, 0.1) is 0 Å². The minimum Gasteiger partial charge on any atom is -0.461 e. The van der Waals surface area contributed by atoms with Crippen molar-refractivity contribution in [3.8, 4) is 16.9 Å². The lowest BCUT2D eigenvalue weighted by Gasteiger charge is -2.21. The number of amides is 2. The molecule has 2 aliphatic rings. The van der Waals surface area contributed by atoms with Crippen molar-refractivity contribution < 1.29 is 22.7 Å². The van der Waals surface area contributed by atoms with E-state index in [-0.39, 0.29) is 5.56 Å². The number of halogens is 3. The lowest BCUT2D eigenvalue weighted by Crippen LogP contribution is -2.36. The SMILES string of the molecule is O=C1NC2=Nc3ccc(-c4ccccc4C(F)(F)F)cc3OC2N1. The van der Waals surface area contributed by atoms with Crippen LogP contribution in [0.15, 0.2) is 47.5 Å². The summed E-state index contributed by atoms with van der Waals surface area (Å²) >= 11 is 0. The maximum absolute atomic E-state index is 13.2. The highest BCUT2D eigenvalue weighted by molar-refractivity contribution is 6.08. The summed E-state index contributed by atoms with van der Waals surface area (Å²) in [5.74, 6) is 0.637. The molecule has 4 rings (SSSR count). The molecule has 2 N–H and O–H groups in total. The minimum atomic E-state index is -4.46. The summed E-state index contributed by atoms with van der Waals surface area (Å²) < 4.78 is 45.2. The number of fused-ring (bicyclic) bond motifs is 2. The number of benzene rings is 2. The Hall–Kier alpha value is -3.03. The molecule has 1 fully saturated rings. The third-order valence-electron chi connectivity index (χ3n) is 3.74. The van der Waals surface area contributed by atoms with Crippen molar-refractivity contribution in [1.29, 1.82) is 0 Å². The van der Waals surface area contributed by atoms with Gasteiger partial charge in [-0.25, -0.2) is 9.79 Å². The molecular formula is C16H10F3N3O2. The van der Waals surface area contributed by atoms with Crippen LogP contribution < -0.4 is 15.4 Å². The lowest BCUT2D eigenvalue weighted by atomic mass is 9.98. The molecule has 24 heavy (non-hydrogen) atoms. The number of nitrogens with one attached hydrogen (secondary N) is 2. The normalized spacial score (nSPS) is 18.7. The summed E-state index contributed by atoms with van der Waals surface area (Å²) in [6, 6.07) is 9.49. The van der Waals surface area contributed by atoms with Gasteiger partial charge in [0.1, 0.15) is 11.4 Å². The number of hydrogen-bond acceptors (Lipinski definition) is 3. The summed E-state index contributed by atoms with van der Waals surface area (Å²) in [5, 5.41) is 5.01. The van der Waals surface area contributed by atoms with Crippen molar-refractivity contribution >= 4 is 17.6 Å². The number of carbonyl (C=O) groups excluding carboxylic acids is 1. The number of carbonyl (C=O) groups is 1. The van der Waals surface area contributed by atoms with Crippen LogP contribution in [0.1, 0.15) is 5.56 Å². The Morgan fingerprint density at radius 3 is 2.71 bits per heavy atom. The van der Waals surface area contributed by atoms with Crippen molar-refractivity contribution in [3.63, 3.8) is 0 Å². The molecule has 2 aliphatic heterocycles. The van der Waals surface area contributed by atoms with Crippen molar-refractivity contribution in [2.75, 3.05) is 0 Å². The van der Waals surface area contributed by atoms with Gasteiger partial charge in [-0.15, -0.1) is 0 Å². The van der Waals surface area contributed by atoms with Crippen LogP contribution in [-0.2, 0) is 6.18 Å². The molecule has 8 heteroatoms. The Labute approximate surface area is 134 Å².